The third-order valence-electron chi connectivity index (χ3n) is 3.51. The first kappa shape index (κ1) is 13.9. The lowest BCUT2D eigenvalue weighted by Crippen LogP contribution is -2.34. The van der Waals surface area contributed by atoms with E-state index >= 15 is 0 Å². The maximum absolute atomic E-state index is 10.5. The first-order valence-electron chi connectivity index (χ1n) is 6.93. The lowest BCUT2D eigenvalue weighted by atomic mass is 9.97. The molecular formula is C15H23NOS. The molecule has 1 heterocycles. The molecule has 0 aromatic heterocycles. The summed E-state index contributed by atoms with van der Waals surface area (Å²) in [6.07, 6.45) is 2.88. The molecule has 1 aromatic rings. The highest BCUT2D eigenvalue weighted by Gasteiger charge is 2.21. The Hall–Kier alpha value is -0.510. The highest BCUT2D eigenvalue weighted by Crippen LogP contribution is 2.34. The summed E-state index contributed by atoms with van der Waals surface area (Å²) in [5.41, 5.74) is 2.49. The molecule has 1 aromatic carbocycles. The minimum absolute atomic E-state index is 0.171. The third kappa shape index (κ3) is 3.08. The number of aliphatic hydroxyl groups is 1. The number of fused-ring (bicyclic) bond motifs is 1. The Labute approximate surface area is 114 Å². The van der Waals surface area contributed by atoms with Crippen molar-refractivity contribution in [3.63, 3.8) is 0 Å². The second kappa shape index (κ2) is 6.60. The zero-order valence-electron chi connectivity index (χ0n) is 11.3. The van der Waals surface area contributed by atoms with Crippen LogP contribution in [0.5, 0.6) is 0 Å². The number of aliphatic hydroxyl groups excluding tert-OH is 1. The Kier molecular flexibility index (Phi) is 5.10. The lowest BCUT2D eigenvalue weighted by molar-refractivity contribution is 0.124. The maximum Gasteiger partial charge on any atom is 0.0943 e. The monoisotopic (exact) mass is 265 g/mol. The SMILES string of the molecule is CCCC(NCC)C(O)c1ccc2c(c1)SCC2. The van der Waals surface area contributed by atoms with E-state index in [-0.39, 0.29) is 6.04 Å². The summed E-state index contributed by atoms with van der Waals surface area (Å²) in [4.78, 5) is 1.36. The van der Waals surface area contributed by atoms with E-state index in [0.717, 1.165) is 24.9 Å². The van der Waals surface area contributed by atoms with E-state index in [0.29, 0.717) is 0 Å². The van der Waals surface area contributed by atoms with Gasteiger partial charge in [0.2, 0.25) is 0 Å². The molecule has 0 saturated carbocycles. The number of aryl methyl sites for hydroxylation is 1. The van der Waals surface area contributed by atoms with Crippen molar-refractivity contribution < 1.29 is 5.11 Å². The molecule has 2 rings (SSSR count). The van der Waals surface area contributed by atoms with Crippen molar-refractivity contribution in [3.05, 3.63) is 29.3 Å². The van der Waals surface area contributed by atoms with Gasteiger partial charge in [0.1, 0.15) is 0 Å². The van der Waals surface area contributed by atoms with Gasteiger partial charge in [-0.15, -0.1) is 11.8 Å². The van der Waals surface area contributed by atoms with E-state index in [4.69, 9.17) is 0 Å². The molecule has 1 aliphatic rings. The van der Waals surface area contributed by atoms with Crippen molar-refractivity contribution in [2.24, 2.45) is 0 Å². The van der Waals surface area contributed by atoms with Gasteiger partial charge in [0.05, 0.1) is 6.10 Å². The van der Waals surface area contributed by atoms with Crippen molar-refractivity contribution in [1.82, 2.24) is 5.32 Å². The molecule has 2 N–H and O–H groups in total. The Bertz CT molecular complexity index is 388. The Balaban J connectivity index is 2.13. The molecule has 0 spiro atoms. The van der Waals surface area contributed by atoms with Crippen molar-refractivity contribution >= 4 is 11.8 Å². The number of benzene rings is 1. The number of likely N-dealkylation sites (N-methyl/N-ethyl adjacent to an activating group) is 1. The molecule has 0 saturated heterocycles. The molecule has 0 radical (unpaired) electrons. The molecule has 18 heavy (non-hydrogen) atoms. The average Bonchev–Trinajstić information content (AvgIpc) is 2.84. The zero-order chi connectivity index (χ0) is 13.0. The first-order chi connectivity index (χ1) is 8.76. The van der Waals surface area contributed by atoms with Crippen LogP contribution < -0.4 is 5.32 Å². The Morgan fingerprint density at radius 3 is 2.94 bits per heavy atom. The predicted molar refractivity (Wildman–Crippen MR) is 78.2 cm³/mol. The summed E-state index contributed by atoms with van der Waals surface area (Å²) >= 11 is 1.91. The summed E-state index contributed by atoms with van der Waals surface area (Å²) in [6.45, 7) is 5.16. The summed E-state index contributed by atoms with van der Waals surface area (Å²) < 4.78 is 0. The number of hydrogen-bond donors (Lipinski definition) is 2. The van der Waals surface area contributed by atoms with Gasteiger partial charge in [-0.3, -0.25) is 0 Å². The van der Waals surface area contributed by atoms with Gasteiger partial charge in [0.15, 0.2) is 0 Å². The highest BCUT2D eigenvalue weighted by molar-refractivity contribution is 7.99. The fraction of sp³-hybridized carbons (Fsp3) is 0.600. The molecule has 100 valence electrons. The summed E-state index contributed by atoms with van der Waals surface area (Å²) in [5, 5.41) is 13.9. The van der Waals surface area contributed by atoms with Crippen LogP contribution >= 0.6 is 11.8 Å². The summed E-state index contributed by atoms with van der Waals surface area (Å²) in [5.74, 6) is 1.18. The highest BCUT2D eigenvalue weighted by atomic mass is 32.2. The molecule has 2 atom stereocenters. The van der Waals surface area contributed by atoms with Crippen LogP contribution in [-0.2, 0) is 6.42 Å². The van der Waals surface area contributed by atoms with Crippen LogP contribution in [0.1, 0.15) is 43.9 Å². The van der Waals surface area contributed by atoms with Crippen LogP contribution in [0.3, 0.4) is 0 Å². The van der Waals surface area contributed by atoms with Gasteiger partial charge in [-0.25, -0.2) is 0 Å². The molecule has 0 bridgehead atoms. The van der Waals surface area contributed by atoms with Gasteiger partial charge < -0.3 is 10.4 Å². The largest absolute Gasteiger partial charge is 0.387 e. The Morgan fingerprint density at radius 2 is 2.22 bits per heavy atom. The fourth-order valence-corrected chi connectivity index (χ4v) is 3.66. The summed E-state index contributed by atoms with van der Waals surface area (Å²) in [7, 11) is 0. The van der Waals surface area contributed by atoms with Crippen molar-refractivity contribution in [1.29, 1.82) is 0 Å². The molecule has 3 heteroatoms. The standard InChI is InChI=1S/C15H23NOS/c1-3-5-13(16-4-2)15(17)12-7-6-11-8-9-18-14(11)10-12/h6-7,10,13,15-17H,3-5,8-9H2,1-2H3. The number of thioether (sulfide) groups is 1. The van der Waals surface area contributed by atoms with E-state index < -0.39 is 6.10 Å². The topological polar surface area (TPSA) is 32.3 Å². The first-order valence-corrected chi connectivity index (χ1v) is 7.91. The second-order valence-corrected chi connectivity index (χ2v) is 6.00. The van der Waals surface area contributed by atoms with E-state index in [1.54, 1.807) is 0 Å². The summed E-state index contributed by atoms with van der Waals surface area (Å²) in [6, 6.07) is 6.63. The van der Waals surface area contributed by atoms with Gasteiger partial charge >= 0.3 is 0 Å². The molecule has 0 amide bonds. The number of nitrogens with one attached hydrogen (secondary N) is 1. The van der Waals surface area contributed by atoms with Crippen molar-refractivity contribution in [2.45, 2.75) is 50.2 Å². The van der Waals surface area contributed by atoms with Gasteiger partial charge in [-0.05, 0) is 36.6 Å². The number of rotatable bonds is 6. The third-order valence-corrected chi connectivity index (χ3v) is 4.61. The Morgan fingerprint density at radius 1 is 1.39 bits per heavy atom. The van der Waals surface area contributed by atoms with Gasteiger partial charge in [0.25, 0.3) is 0 Å². The van der Waals surface area contributed by atoms with Crippen LogP contribution in [0.15, 0.2) is 23.1 Å². The van der Waals surface area contributed by atoms with E-state index in [1.165, 1.54) is 22.6 Å². The molecular weight excluding hydrogens is 242 g/mol. The van der Waals surface area contributed by atoms with Crippen LogP contribution in [0.4, 0.5) is 0 Å². The van der Waals surface area contributed by atoms with E-state index in [2.05, 4.69) is 37.4 Å². The fourth-order valence-electron chi connectivity index (χ4n) is 2.54. The van der Waals surface area contributed by atoms with Crippen LogP contribution in [0, 0.1) is 0 Å². The second-order valence-electron chi connectivity index (χ2n) is 4.86. The smallest absolute Gasteiger partial charge is 0.0943 e. The molecule has 2 unspecified atom stereocenters. The average molecular weight is 265 g/mol. The van der Waals surface area contributed by atoms with E-state index in [1.807, 2.05) is 11.8 Å². The lowest BCUT2D eigenvalue weighted by Gasteiger charge is -2.24. The zero-order valence-corrected chi connectivity index (χ0v) is 12.1. The van der Waals surface area contributed by atoms with Crippen LogP contribution in [0.25, 0.3) is 0 Å². The molecule has 1 aliphatic heterocycles. The van der Waals surface area contributed by atoms with Gasteiger partial charge in [-0.1, -0.05) is 32.4 Å². The van der Waals surface area contributed by atoms with Gasteiger partial charge in [0, 0.05) is 16.7 Å². The quantitative estimate of drug-likeness (QED) is 0.829. The minimum Gasteiger partial charge on any atom is -0.387 e. The van der Waals surface area contributed by atoms with Crippen molar-refractivity contribution in [3.8, 4) is 0 Å². The van der Waals surface area contributed by atoms with Crippen LogP contribution in [-0.4, -0.2) is 23.4 Å². The van der Waals surface area contributed by atoms with Crippen molar-refractivity contribution in [2.75, 3.05) is 12.3 Å². The molecule has 2 nitrogen and oxygen atoms in total. The molecule has 0 aliphatic carbocycles. The normalized spacial score (nSPS) is 17.5. The minimum atomic E-state index is -0.392. The maximum atomic E-state index is 10.5. The van der Waals surface area contributed by atoms with Crippen LogP contribution in [0.2, 0.25) is 0 Å². The molecule has 0 fully saturated rings. The number of hydrogen-bond acceptors (Lipinski definition) is 3. The van der Waals surface area contributed by atoms with Gasteiger partial charge in [-0.2, -0.15) is 0 Å². The predicted octanol–water partition coefficient (Wildman–Crippen LogP) is 3.15. The van der Waals surface area contributed by atoms with E-state index in [9.17, 15) is 5.11 Å².